The van der Waals surface area contributed by atoms with Gasteiger partial charge in [0.25, 0.3) is 0 Å². The van der Waals surface area contributed by atoms with Crippen molar-refractivity contribution >= 4 is 33.1 Å². The zero-order chi connectivity index (χ0) is 13.2. The number of hydrogen-bond donors (Lipinski definition) is 0. The van der Waals surface area contributed by atoms with Gasteiger partial charge in [-0.2, -0.15) is 0 Å². The molecule has 0 aliphatic heterocycles. The van der Waals surface area contributed by atoms with E-state index in [2.05, 4.69) is 25.5 Å². The van der Waals surface area contributed by atoms with Gasteiger partial charge >= 0.3 is 0 Å². The summed E-state index contributed by atoms with van der Waals surface area (Å²) < 4.78 is 3.08. The highest BCUT2D eigenvalue weighted by molar-refractivity contribution is 9.10. The molecular formula is C15H11BrN2O. The topological polar surface area (TPSA) is 34.9 Å². The maximum atomic E-state index is 11.0. The van der Waals surface area contributed by atoms with Crippen LogP contribution in [0.25, 0.3) is 10.9 Å². The van der Waals surface area contributed by atoms with Crippen LogP contribution in [-0.4, -0.2) is 15.8 Å². The second-order valence-electron chi connectivity index (χ2n) is 4.35. The molecule has 0 fully saturated rings. The molecule has 2 aromatic heterocycles. The first-order chi connectivity index (χ1) is 9.28. The number of benzene rings is 1. The molecular weight excluding hydrogens is 304 g/mol. The first kappa shape index (κ1) is 12.1. The number of halogens is 1. The Labute approximate surface area is 119 Å². The van der Waals surface area contributed by atoms with Crippen LogP contribution < -0.4 is 0 Å². The molecule has 3 nitrogen and oxygen atoms in total. The van der Waals surface area contributed by atoms with Crippen LogP contribution in [-0.2, 0) is 6.54 Å². The van der Waals surface area contributed by atoms with Gasteiger partial charge in [-0.15, -0.1) is 0 Å². The number of fused-ring (bicyclic) bond motifs is 1. The third-order valence-corrected chi connectivity index (χ3v) is 3.52. The minimum absolute atomic E-state index is 0.726. The van der Waals surface area contributed by atoms with Crippen LogP contribution in [0.3, 0.4) is 0 Å². The summed E-state index contributed by atoms with van der Waals surface area (Å²) in [6.07, 6.45) is 6.51. The summed E-state index contributed by atoms with van der Waals surface area (Å²) >= 11 is 3.42. The maximum absolute atomic E-state index is 11.0. The molecule has 3 aromatic rings. The number of hydrogen-bond acceptors (Lipinski definition) is 2. The Morgan fingerprint density at radius 1 is 1.26 bits per heavy atom. The lowest BCUT2D eigenvalue weighted by Crippen LogP contribution is -1.98. The third kappa shape index (κ3) is 2.31. The second kappa shape index (κ2) is 4.97. The highest BCUT2D eigenvalue weighted by Gasteiger charge is 2.05. The van der Waals surface area contributed by atoms with Gasteiger partial charge in [0.15, 0.2) is 6.29 Å². The molecule has 0 aliphatic rings. The van der Waals surface area contributed by atoms with Gasteiger partial charge in [-0.3, -0.25) is 9.78 Å². The van der Waals surface area contributed by atoms with Gasteiger partial charge in [0.1, 0.15) is 0 Å². The Bertz CT molecular complexity index is 749. The van der Waals surface area contributed by atoms with Crippen molar-refractivity contribution in [3.8, 4) is 0 Å². The average Bonchev–Trinajstić information content (AvgIpc) is 2.82. The zero-order valence-corrected chi connectivity index (χ0v) is 11.7. The van der Waals surface area contributed by atoms with Gasteiger partial charge in [-0.05, 0) is 39.7 Å². The summed E-state index contributed by atoms with van der Waals surface area (Å²) in [5.41, 5.74) is 2.90. The lowest BCUT2D eigenvalue weighted by atomic mass is 10.1. The van der Waals surface area contributed by atoms with Crippen molar-refractivity contribution < 1.29 is 4.79 Å². The van der Waals surface area contributed by atoms with Crippen LogP contribution in [0.4, 0.5) is 0 Å². The highest BCUT2D eigenvalue weighted by Crippen LogP contribution is 2.20. The molecule has 4 heteroatoms. The number of carbonyl (C=O) groups excluding carboxylic acids is 1. The maximum Gasteiger partial charge on any atom is 0.150 e. The van der Waals surface area contributed by atoms with E-state index in [0.717, 1.165) is 39.3 Å². The van der Waals surface area contributed by atoms with E-state index >= 15 is 0 Å². The number of aldehydes is 1. The lowest BCUT2D eigenvalue weighted by Gasteiger charge is -2.06. The summed E-state index contributed by atoms with van der Waals surface area (Å²) in [4.78, 5) is 15.2. The number of aromatic nitrogens is 2. The smallest absolute Gasteiger partial charge is 0.150 e. The predicted molar refractivity (Wildman–Crippen MR) is 78.4 cm³/mol. The molecule has 94 valence electrons. The van der Waals surface area contributed by atoms with Crippen molar-refractivity contribution in [2.75, 3.05) is 0 Å². The molecule has 0 saturated heterocycles. The van der Waals surface area contributed by atoms with Crippen LogP contribution in [0.1, 0.15) is 15.9 Å². The van der Waals surface area contributed by atoms with Gasteiger partial charge in [-0.1, -0.05) is 12.1 Å². The van der Waals surface area contributed by atoms with Crippen LogP contribution in [0.15, 0.2) is 53.4 Å². The summed E-state index contributed by atoms with van der Waals surface area (Å²) in [5, 5.41) is 0.987. The largest absolute Gasteiger partial charge is 0.343 e. The fourth-order valence-electron chi connectivity index (χ4n) is 2.23. The zero-order valence-electron chi connectivity index (χ0n) is 10.1. The number of nitrogens with zero attached hydrogens (tertiary/aromatic N) is 2. The molecule has 2 heterocycles. The first-order valence-electron chi connectivity index (χ1n) is 5.90. The monoisotopic (exact) mass is 314 g/mol. The van der Waals surface area contributed by atoms with Gasteiger partial charge in [0.2, 0.25) is 0 Å². The quantitative estimate of drug-likeness (QED) is 0.691. The molecule has 0 saturated carbocycles. The van der Waals surface area contributed by atoms with E-state index in [-0.39, 0.29) is 0 Å². The fourth-order valence-corrected chi connectivity index (χ4v) is 2.64. The highest BCUT2D eigenvalue weighted by atomic mass is 79.9. The molecule has 1 aromatic carbocycles. The average molecular weight is 315 g/mol. The van der Waals surface area contributed by atoms with E-state index in [0.29, 0.717) is 0 Å². The van der Waals surface area contributed by atoms with E-state index in [9.17, 15) is 4.79 Å². The molecule has 0 bridgehead atoms. The van der Waals surface area contributed by atoms with Crippen molar-refractivity contribution in [1.29, 1.82) is 0 Å². The first-order valence-corrected chi connectivity index (χ1v) is 6.70. The van der Waals surface area contributed by atoms with Crippen LogP contribution >= 0.6 is 15.9 Å². The van der Waals surface area contributed by atoms with Gasteiger partial charge in [-0.25, -0.2) is 0 Å². The third-order valence-electron chi connectivity index (χ3n) is 3.09. The Morgan fingerprint density at radius 2 is 2.16 bits per heavy atom. The lowest BCUT2D eigenvalue weighted by molar-refractivity contribution is 0.112. The molecule has 0 amide bonds. The van der Waals surface area contributed by atoms with Crippen LogP contribution in [0.2, 0.25) is 0 Å². The van der Waals surface area contributed by atoms with Gasteiger partial charge < -0.3 is 4.57 Å². The Hall–Kier alpha value is -1.94. The fraction of sp³-hybridized carbons (Fsp3) is 0.0667. The summed E-state index contributed by atoms with van der Waals surface area (Å²) in [5.74, 6) is 0. The number of carbonyl (C=O) groups is 1. The van der Waals surface area contributed by atoms with E-state index in [1.807, 2.05) is 42.7 Å². The minimum atomic E-state index is 0.726. The van der Waals surface area contributed by atoms with Crippen LogP contribution in [0.5, 0.6) is 0 Å². The van der Waals surface area contributed by atoms with Crippen molar-refractivity contribution in [1.82, 2.24) is 9.55 Å². The second-order valence-corrected chi connectivity index (χ2v) is 5.27. The van der Waals surface area contributed by atoms with Crippen molar-refractivity contribution in [2.24, 2.45) is 0 Å². The Morgan fingerprint density at radius 3 is 2.95 bits per heavy atom. The van der Waals surface area contributed by atoms with E-state index in [1.54, 1.807) is 6.20 Å². The van der Waals surface area contributed by atoms with E-state index in [1.165, 1.54) is 0 Å². The summed E-state index contributed by atoms with van der Waals surface area (Å²) in [6.45, 7) is 0.734. The van der Waals surface area contributed by atoms with E-state index < -0.39 is 0 Å². The van der Waals surface area contributed by atoms with Crippen LogP contribution in [0, 0.1) is 0 Å². The SMILES string of the molecule is O=Cc1cccc2c1ccn2Cc1cncc(Br)c1. The molecule has 0 unspecified atom stereocenters. The van der Waals surface area contributed by atoms with Crippen molar-refractivity contribution in [2.45, 2.75) is 6.54 Å². The van der Waals surface area contributed by atoms with Gasteiger partial charge in [0, 0.05) is 46.1 Å². The molecule has 0 N–H and O–H groups in total. The molecule has 0 radical (unpaired) electrons. The summed E-state index contributed by atoms with van der Waals surface area (Å²) in [6, 6.07) is 9.78. The standard InChI is InChI=1S/C15H11BrN2O/c16-13-6-11(7-17-8-13)9-18-5-4-14-12(10-19)2-1-3-15(14)18/h1-8,10H,9H2. The van der Waals surface area contributed by atoms with Crippen molar-refractivity contribution in [3.05, 3.63) is 64.5 Å². The number of rotatable bonds is 3. The van der Waals surface area contributed by atoms with Crippen molar-refractivity contribution in [3.63, 3.8) is 0 Å². The molecule has 19 heavy (non-hydrogen) atoms. The molecule has 3 rings (SSSR count). The van der Waals surface area contributed by atoms with Gasteiger partial charge in [0.05, 0.1) is 0 Å². The van der Waals surface area contributed by atoms with E-state index in [4.69, 9.17) is 0 Å². The summed E-state index contributed by atoms with van der Waals surface area (Å²) in [7, 11) is 0. The predicted octanol–water partition coefficient (Wildman–Crippen LogP) is 3.66. The molecule has 0 aliphatic carbocycles. The molecule has 0 spiro atoms. The minimum Gasteiger partial charge on any atom is -0.343 e. The Balaban J connectivity index is 2.04. The normalized spacial score (nSPS) is 10.8. The molecule has 0 atom stereocenters. The Kier molecular flexibility index (Phi) is 3.17. The number of pyridine rings is 1.